The van der Waals surface area contributed by atoms with Gasteiger partial charge in [-0.05, 0) is 25.3 Å². The molecule has 2 aliphatic rings. The third-order valence-electron chi connectivity index (χ3n) is 4.70. The Kier molecular flexibility index (Phi) is 3.89. The number of rotatable bonds is 3. The molecule has 0 bridgehead atoms. The van der Waals surface area contributed by atoms with Crippen LogP contribution in [0, 0.1) is 0 Å². The van der Waals surface area contributed by atoms with Crippen LogP contribution in [-0.2, 0) is 4.79 Å². The molecule has 3 rings (SSSR count). The van der Waals surface area contributed by atoms with E-state index in [0.29, 0.717) is 19.6 Å². The SMILES string of the molecule is CN(CC1(O)CCCC1)C(=O)C1CCOc2ccccc21. The lowest BCUT2D eigenvalue weighted by atomic mass is 9.91. The first-order valence-electron chi connectivity index (χ1n) is 7.78. The second-order valence-corrected chi connectivity index (χ2v) is 6.35. The minimum absolute atomic E-state index is 0.0890. The van der Waals surface area contributed by atoms with Gasteiger partial charge in [0.05, 0.1) is 18.1 Å². The summed E-state index contributed by atoms with van der Waals surface area (Å²) in [5, 5.41) is 10.5. The van der Waals surface area contributed by atoms with E-state index in [0.717, 1.165) is 37.0 Å². The molecule has 1 aliphatic heterocycles. The van der Waals surface area contributed by atoms with Crippen LogP contribution in [-0.4, -0.2) is 41.7 Å². The Balaban J connectivity index is 1.73. The standard InChI is InChI=1S/C17H23NO3/c1-18(12-17(20)9-4-5-10-17)16(19)14-8-11-21-15-7-3-2-6-13(14)15/h2-3,6-7,14,20H,4-5,8-12H2,1H3. The molecule has 4 nitrogen and oxygen atoms in total. The van der Waals surface area contributed by atoms with Gasteiger partial charge in [0.25, 0.3) is 0 Å². The fraction of sp³-hybridized carbons (Fsp3) is 0.588. The number of fused-ring (bicyclic) bond motifs is 1. The lowest BCUT2D eigenvalue weighted by molar-refractivity contribution is -0.135. The van der Waals surface area contributed by atoms with E-state index in [1.54, 1.807) is 11.9 Å². The van der Waals surface area contributed by atoms with Crippen molar-refractivity contribution in [2.45, 2.75) is 43.6 Å². The van der Waals surface area contributed by atoms with Crippen LogP contribution in [0.3, 0.4) is 0 Å². The van der Waals surface area contributed by atoms with Gasteiger partial charge < -0.3 is 14.7 Å². The summed E-state index contributed by atoms with van der Waals surface area (Å²) in [4.78, 5) is 14.5. The van der Waals surface area contributed by atoms with E-state index in [1.807, 2.05) is 24.3 Å². The predicted octanol–water partition coefficient (Wildman–Crippen LogP) is 2.32. The van der Waals surface area contributed by atoms with E-state index < -0.39 is 5.60 Å². The lowest BCUT2D eigenvalue weighted by Gasteiger charge is -2.33. The summed E-state index contributed by atoms with van der Waals surface area (Å²) in [6, 6.07) is 7.75. The quantitative estimate of drug-likeness (QED) is 0.929. The van der Waals surface area contributed by atoms with Gasteiger partial charge in [-0.15, -0.1) is 0 Å². The molecule has 0 spiro atoms. The van der Waals surface area contributed by atoms with E-state index >= 15 is 0 Å². The van der Waals surface area contributed by atoms with Gasteiger partial charge in [-0.2, -0.15) is 0 Å². The van der Waals surface area contributed by atoms with Gasteiger partial charge >= 0.3 is 0 Å². The second-order valence-electron chi connectivity index (χ2n) is 6.35. The van der Waals surface area contributed by atoms with Crippen molar-refractivity contribution in [3.8, 4) is 5.75 Å². The summed E-state index contributed by atoms with van der Waals surface area (Å²) in [7, 11) is 1.80. The van der Waals surface area contributed by atoms with Gasteiger partial charge in [0, 0.05) is 19.2 Å². The molecule has 1 atom stereocenters. The smallest absolute Gasteiger partial charge is 0.230 e. The minimum atomic E-state index is -0.685. The van der Waals surface area contributed by atoms with Crippen LogP contribution in [0.5, 0.6) is 5.75 Å². The number of aliphatic hydroxyl groups is 1. The number of para-hydroxylation sites is 1. The van der Waals surface area contributed by atoms with Crippen molar-refractivity contribution >= 4 is 5.91 Å². The molecule has 1 N–H and O–H groups in total. The van der Waals surface area contributed by atoms with Crippen molar-refractivity contribution < 1.29 is 14.6 Å². The summed E-state index contributed by atoms with van der Waals surface area (Å²) in [6.45, 7) is 1.01. The lowest BCUT2D eigenvalue weighted by Crippen LogP contribution is -2.44. The van der Waals surface area contributed by atoms with E-state index in [2.05, 4.69) is 0 Å². The van der Waals surface area contributed by atoms with Gasteiger partial charge in [-0.3, -0.25) is 4.79 Å². The molecule has 0 radical (unpaired) electrons. The Morgan fingerprint density at radius 1 is 1.38 bits per heavy atom. The third-order valence-corrected chi connectivity index (χ3v) is 4.70. The van der Waals surface area contributed by atoms with E-state index in [1.165, 1.54) is 0 Å². The van der Waals surface area contributed by atoms with Crippen LogP contribution in [0.2, 0.25) is 0 Å². The number of ether oxygens (including phenoxy) is 1. The Hall–Kier alpha value is -1.55. The van der Waals surface area contributed by atoms with Crippen molar-refractivity contribution in [2.75, 3.05) is 20.2 Å². The molecule has 21 heavy (non-hydrogen) atoms. The van der Waals surface area contributed by atoms with Crippen LogP contribution >= 0.6 is 0 Å². The number of nitrogens with zero attached hydrogens (tertiary/aromatic N) is 1. The van der Waals surface area contributed by atoms with Gasteiger partial charge in [0.15, 0.2) is 0 Å². The fourth-order valence-electron chi connectivity index (χ4n) is 3.58. The summed E-state index contributed by atoms with van der Waals surface area (Å²) in [6.07, 6.45) is 4.42. The molecule has 4 heteroatoms. The van der Waals surface area contributed by atoms with Crippen molar-refractivity contribution in [2.24, 2.45) is 0 Å². The van der Waals surface area contributed by atoms with E-state index in [9.17, 15) is 9.90 Å². The maximum atomic E-state index is 12.8. The average Bonchev–Trinajstić information content (AvgIpc) is 2.92. The minimum Gasteiger partial charge on any atom is -0.493 e. The Morgan fingerprint density at radius 2 is 2.10 bits per heavy atom. The summed E-state index contributed by atoms with van der Waals surface area (Å²) >= 11 is 0. The molecule has 1 saturated carbocycles. The van der Waals surface area contributed by atoms with E-state index in [4.69, 9.17) is 4.74 Å². The number of benzene rings is 1. The van der Waals surface area contributed by atoms with Crippen LogP contribution in [0.25, 0.3) is 0 Å². The molecule has 1 aromatic rings. The monoisotopic (exact) mass is 289 g/mol. The first-order chi connectivity index (χ1) is 10.1. The highest BCUT2D eigenvalue weighted by Crippen LogP contribution is 2.35. The zero-order valence-electron chi connectivity index (χ0n) is 12.5. The Bertz CT molecular complexity index is 523. The van der Waals surface area contributed by atoms with Crippen LogP contribution in [0.15, 0.2) is 24.3 Å². The molecule has 0 aromatic heterocycles. The number of carbonyl (C=O) groups is 1. The number of hydrogen-bond acceptors (Lipinski definition) is 3. The van der Waals surface area contributed by atoms with Crippen LogP contribution in [0.1, 0.15) is 43.6 Å². The fourth-order valence-corrected chi connectivity index (χ4v) is 3.58. The number of amides is 1. The van der Waals surface area contributed by atoms with Gasteiger partial charge in [-0.1, -0.05) is 31.0 Å². The van der Waals surface area contributed by atoms with Crippen LogP contribution < -0.4 is 4.74 Å². The summed E-state index contributed by atoms with van der Waals surface area (Å²) in [5.74, 6) is 0.756. The number of likely N-dealkylation sites (N-methyl/N-ethyl adjacent to an activating group) is 1. The van der Waals surface area contributed by atoms with Gasteiger partial charge in [-0.25, -0.2) is 0 Å². The van der Waals surface area contributed by atoms with Gasteiger partial charge in [0.2, 0.25) is 5.91 Å². The zero-order valence-corrected chi connectivity index (χ0v) is 12.5. The van der Waals surface area contributed by atoms with Crippen molar-refractivity contribution in [1.29, 1.82) is 0 Å². The third kappa shape index (κ3) is 2.91. The van der Waals surface area contributed by atoms with Gasteiger partial charge in [0.1, 0.15) is 5.75 Å². The largest absolute Gasteiger partial charge is 0.493 e. The zero-order chi connectivity index (χ0) is 14.9. The average molecular weight is 289 g/mol. The molecule has 1 heterocycles. The highest BCUT2D eigenvalue weighted by Gasteiger charge is 2.36. The molecular weight excluding hydrogens is 266 g/mol. The van der Waals surface area contributed by atoms with E-state index in [-0.39, 0.29) is 11.8 Å². The molecule has 114 valence electrons. The molecule has 1 aromatic carbocycles. The first kappa shape index (κ1) is 14.4. The Labute approximate surface area is 125 Å². The Morgan fingerprint density at radius 3 is 2.86 bits per heavy atom. The maximum Gasteiger partial charge on any atom is 0.230 e. The van der Waals surface area contributed by atoms with Crippen molar-refractivity contribution in [3.05, 3.63) is 29.8 Å². The highest BCUT2D eigenvalue weighted by atomic mass is 16.5. The molecule has 1 unspecified atom stereocenters. The molecular formula is C17H23NO3. The normalized spacial score (nSPS) is 23.2. The highest BCUT2D eigenvalue weighted by molar-refractivity contribution is 5.84. The topological polar surface area (TPSA) is 49.8 Å². The molecule has 1 aliphatic carbocycles. The van der Waals surface area contributed by atoms with Crippen LogP contribution in [0.4, 0.5) is 0 Å². The summed E-state index contributed by atoms with van der Waals surface area (Å²) in [5.41, 5.74) is 0.286. The predicted molar refractivity (Wildman–Crippen MR) is 80.3 cm³/mol. The van der Waals surface area contributed by atoms with Crippen molar-refractivity contribution in [3.63, 3.8) is 0 Å². The molecule has 1 amide bonds. The molecule has 1 fully saturated rings. The van der Waals surface area contributed by atoms with Crippen molar-refractivity contribution in [1.82, 2.24) is 4.90 Å². The number of carbonyl (C=O) groups excluding carboxylic acids is 1. The summed E-state index contributed by atoms with van der Waals surface area (Å²) < 4.78 is 5.62. The number of hydrogen-bond donors (Lipinski definition) is 1. The first-order valence-corrected chi connectivity index (χ1v) is 7.78. The maximum absolute atomic E-state index is 12.8. The molecule has 0 saturated heterocycles. The second kappa shape index (κ2) is 5.68.